The van der Waals surface area contributed by atoms with Gasteiger partial charge in [0.1, 0.15) is 0 Å². The van der Waals surface area contributed by atoms with Crippen LogP contribution in [0.25, 0.3) is 0 Å². The highest BCUT2D eigenvalue weighted by Crippen LogP contribution is 2.57. The molecule has 3 atom stereocenters. The van der Waals surface area contributed by atoms with E-state index in [4.69, 9.17) is 0 Å². The average molecular weight is 501 g/mol. The summed E-state index contributed by atoms with van der Waals surface area (Å²) in [5.41, 5.74) is 3.85. The van der Waals surface area contributed by atoms with Gasteiger partial charge >= 0.3 is 5.97 Å². The summed E-state index contributed by atoms with van der Waals surface area (Å²) in [5.74, 6) is -1.26. The van der Waals surface area contributed by atoms with Gasteiger partial charge in [-0.15, -0.1) is 0 Å². The van der Waals surface area contributed by atoms with E-state index in [1.807, 2.05) is 32.0 Å². The summed E-state index contributed by atoms with van der Waals surface area (Å²) < 4.78 is 25.6. The fourth-order valence-corrected chi connectivity index (χ4v) is 5.32. The molecule has 1 aliphatic rings. The minimum atomic E-state index is -3.38. The number of hydrogen-bond acceptors (Lipinski definition) is 4. The van der Waals surface area contributed by atoms with Crippen molar-refractivity contribution in [2.45, 2.75) is 70.8 Å². The SMILES string of the molecule is Cc1cc([C@@H](C)NC(=O)C2CC2(CCC(=O)O)c2ccc(C(C)(C)C)cc2)ccc1NS(C)(=O)=O. The summed E-state index contributed by atoms with van der Waals surface area (Å²) >= 11 is 0. The number of carbonyl (C=O) groups is 2. The summed E-state index contributed by atoms with van der Waals surface area (Å²) in [6.07, 6.45) is 2.14. The molecule has 0 heterocycles. The first-order valence-corrected chi connectivity index (χ1v) is 13.7. The third-order valence-electron chi connectivity index (χ3n) is 6.91. The number of hydrogen-bond donors (Lipinski definition) is 3. The van der Waals surface area contributed by atoms with Crippen LogP contribution in [0.15, 0.2) is 42.5 Å². The molecule has 0 spiro atoms. The largest absolute Gasteiger partial charge is 0.481 e. The van der Waals surface area contributed by atoms with Crippen LogP contribution in [0.5, 0.6) is 0 Å². The van der Waals surface area contributed by atoms with Crippen molar-refractivity contribution in [3.8, 4) is 0 Å². The number of nitrogens with one attached hydrogen (secondary N) is 2. The molecule has 3 N–H and O–H groups in total. The van der Waals surface area contributed by atoms with Crippen molar-refractivity contribution < 1.29 is 23.1 Å². The predicted octanol–water partition coefficient (Wildman–Crippen LogP) is 4.66. The molecule has 3 rings (SSSR count). The fraction of sp³-hybridized carbons (Fsp3) is 0.481. The lowest BCUT2D eigenvalue weighted by atomic mass is 9.83. The average Bonchev–Trinajstić information content (AvgIpc) is 3.48. The van der Waals surface area contributed by atoms with Crippen LogP contribution >= 0.6 is 0 Å². The third kappa shape index (κ3) is 6.42. The van der Waals surface area contributed by atoms with Crippen molar-refractivity contribution in [3.05, 3.63) is 64.7 Å². The Labute approximate surface area is 208 Å². The van der Waals surface area contributed by atoms with Gasteiger partial charge in [0.25, 0.3) is 0 Å². The maximum atomic E-state index is 13.2. The Morgan fingerprint density at radius 3 is 2.29 bits per heavy atom. The van der Waals surface area contributed by atoms with E-state index in [9.17, 15) is 23.1 Å². The second-order valence-electron chi connectivity index (χ2n) is 10.8. The van der Waals surface area contributed by atoms with Crippen molar-refractivity contribution in [2.24, 2.45) is 5.92 Å². The van der Waals surface area contributed by atoms with Crippen molar-refractivity contribution in [1.82, 2.24) is 5.32 Å². The minimum Gasteiger partial charge on any atom is -0.481 e. The molecule has 0 aromatic heterocycles. The van der Waals surface area contributed by atoms with E-state index in [2.05, 4.69) is 42.9 Å². The zero-order chi connectivity index (χ0) is 26.2. The quantitative estimate of drug-likeness (QED) is 0.463. The number of anilines is 1. The Hall–Kier alpha value is -2.87. The first-order chi connectivity index (χ1) is 16.1. The Morgan fingerprint density at radius 1 is 1.14 bits per heavy atom. The van der Waals surface area contributed by atoms with Gasteiger partial charge in [0.2, 0.25) is 15.9 Å². The minimum absolute atomic E-state index is 0.00698. The second kappa shape index (κ2) is 9.64. The lowest BCUT2D eigenvalue weighted by Gasteiger charge is -2.23. The monoisotopic (exact) mass is 500 g/mol. The van der Waals surface area contributed by atoms with Gasteiger partial charge in [-0.1, -0.05) is 57.2 Å². The second-order valence-corrected chi connectivity index (χ2v) is 12.6. The lowest BCUT2D eigenvalue weighted by molar-refractivity contribution is -0.137. The molecule has 190 valence electrons. The van der Waals surface area contributed by atoms with E-state index in [1.54, 1.807) is 12.1 Å². The Morgan fingerprint density at radius 2 is 1.77 bits per heavy atom. The number of aliphatic carboxylic acids is 1. The highest BCUT2D eigenvalue weighted by Gasteiger charge is 2.58. The number of amides is 1. The van der Waals surface area contributed by atoms with Crippen LogP contribution in [0.1, 0.15) is 75.3 Å². The molecule has 35 heavy (non-hydrogen) atoms. The number of carboxylic acids is 1. The Kier molecular flexibility index (Phi) is 7.37. The molecule has 1 fully saturated rings. The number of aryl methyl sites for hydroxylation is 1. The molecule has 1 saturated carbocycles. The molecule has 0 bridgehead atoms. The van der Waals surface area contributed by atoms with Gasteiger partial charge in [-0.25, -0.2) is 8.42 Å². The normalized spacial score (nSPS) is 20.7. The molecule has 0 saturated heterocycles. The van der Waals surface area contributed by atoms with E-state index < -0.39 is 21.4 Å². The van der Waals surface area contributed by atoms with E-state index in [0.29, 0.717) is 18.5 Å². The topological polar surface area (TPSA) is 113 Å². The zero-order valence-corrected chi connectivity index (χ0v) is 22.1. The first-order valence-electron chi connectivity index (χ1n) is 11.8. The van der Waals surface area contributed by atoms with Crippen LogP contribution in [-0.4, -0.2) is 31.7 Å². The lowest BCUT2D eigenvalue weighted by Crippen LogP contribution is -2.31. The summed E-state index contributed by atoms with van der Waals surface area (Å²) in [6, 6.07) is 13.3. The first kappa shape index (κ1) is 26.7. The van der Waals surface area contributed by atoms with Crippen molar-refractivity contribution in [3.63, 3.8) is 0 Å². The third-order valence-corrected chi connectivity index (χ3v) is 7.50. The van der Waals surface area contributed by atoms with Crippen molar-refractivity contribution >= 4 is 27.6 Å². The Balaban J connectivity index is 1.76. The number of rotatable bonds is 9. The molecule has 2 aromatic carbocycles. The van der Waals surface area contributed by atoms with E-state index in [1.165, 1.54) is 5.56 Å². The summed E-state index contributed by atoms with van der Waals surface area (Å²) in [5, 5.41) is 12.4. The van der Waals surface area contributed by atoms with Gasteiger partial charge in [0.15, 0.2) is 0 Å². The molecular weight excluding hydrogens is 464 g/mol. The summed E-state index contributed by atoms with van der Waals surface area (Å²) in [4.78, 5) is 24.6. The highest BCUT2D eigenvalue weighted by atomic mass is 32.2. The summed E-state index contributed by atoms with van der Waals surface area (Å²) in [6.45, 7) is 10.1. The molecule has 1 amide bonds. The van der Waals surface area contributed by atoms with Crippen LogP contribution in [0.4, 0.5) is 5.69 Å². The molecular formula is C27H36N2O5S. The maximum absolute atomic E-state index is 13.2. The number of benzene rings is 2. The van der Waals surface area contributed by atoms with Crippen LogP contribution in [-0.2, 0) is 30.4 Å². The molecule has 1 aliphatic carbocycles. The fourth-order valence-electron chi connectivity index (χ4n) is 4.69. The van der Waals surface area contributed by atoms with Gasteiger partial charge in [0.05, 0.1) is 18.0 Å². The van der Waals surface area contributed by atoms with Gasteiger partial charge in [-0.2, -0.15) is 0 Å². The van der Waals surface area contributed by atoms with Gasteiger partial charge in [-0.3, -0.25) is 14.3 Å². The van der Waals surface area contributed by atoms with Crippen LogP contribution < -0.4 is 10.0 Å². The number of sulfonamides is 1. The molecule has 0 aliphatic heterocycles. The van der Waals surface area contributed by atoms with Crippen LogP contribution in [0.3, 0.4) is 0 Å². The molecule has 8 heteroatoms. The van der Waals surface area contributed by atoms with Gasteiger partial charge < -0.3 is 10.4 Å². The van der Waals surface area contributed by atoms with Crippen LogP contribution in [0.2, 0.25) is 0 Å². The van der Waals surface area contributed by atoms with Gasteiger partial charge in [-0.05, 0) is 60.4 Å². The molecule has 2 aromatic rings. The standard InChI is InChI=1S/C27H36N2O5S/c1-17-15-19(7-12-23(17)29-35(6,33)34)18(2)28-25(32)22-16-27(22,14-13-24(30)31)21-10-8-20(9-11-21)26(3,4)5/h7-12,15,18,22,29H,13-14,16H2,1-6H3,(H,28,32)(H,30,31)/t18-,22?,27?/m1/s1. The molecule has 0 radical (unpaired) electrons. The Bertz CT molecular complexity index is 1220. The van der Waals surface area contributed by atoms with Crippen molar-refractivity contribution in [1.29, 1.82) is 0 Å². The van der Waals surface area contributed by atoms with E-state index in [0.717, 1.165) is 22.9 Å². The number of carboxylic acid groups (broad SMARTS) is 1. The van der Waals surface area contributed by atoms with Gasteiger partial charge in [0, 0.05) is 17.8 Å². The molecule has 7 nitrogen and oxygen atoms in total. The molecule has 2 unspecified atom stereocenters. The predicted molar refractivity (Wildman–Crippen MR) is 138 cm³/mol. The summed E-state index contributed by atoms with van der Waals surface area (Å²) in [7, 11) is -3.38. The zero-order valence-electron chi connectivity index (χ0n) is 21.3. The smallest absolute Gasteiger partial charge is 0.303 e. The van der Waals surface area contributed by atoms with Crippen molar-refractivity contribution in [2.75, 3.05) is 11.0 Å². The van der Waals surface area contributed by atoms with Crippen LogP contribution in [0, 0.1) is 12.8 Å². The van der Waals surface area contributed by atoms with E-state index >= 15 is 0 Å². The maximum Gasteiger partial charge on any atom is 0.303 e. The van der Waals surface area contributed by atoms with E-state index in [-0.39, 0.29) is 29.7 Å². The number of carbonyl (C=O) groups excluding carboxylic acids is 1. The highest BCUT2D eigenvalue weighted by molar-refractivity contribution is 7.92.